The monoisotopic (exact) mass is 478 g/mol. The Kier molecular flexibility index (Phi) is 6.44. The molecule has 1 aliphatic heterocycles. The van der Waals surface area contributed by atoms with Crippen molar-refractivity contribution in [1.29, 1.82) is 0 Å². The number of carbonyl (C=O) groups is 1. The number of halogens is 2. The van der Waals surface area contributed by atoms with Crippen molar-refractivity contribution in [3.63, 3.8) is 0 Å². The highest BCUT2D eigenvalue weighted by atomic mass is 32.2. The van der Waals surface area contributed by atoms with E-state index in [2.05, 4.69) is 15.5 Å². The van der Waals surface area contributed by atoms with E-state index < -0.39 is 27.6 Å². The van der Waals surface area contributed by atoms with E-state index >= 15 is 0 Å². The number of methoxy groups -OCH3 is 1. The number of tetrazole rings is 1. The Hall–Kier alpha value is -3.29. The second-order valence-electron chi connectivity index (χ2n) is 7.27. The number of aromatic nitrogens is 4. The molecule has 13 heteroatoms. The second kappa shape index (κ2) is 9.29. The lowest BCUT2D eigenvalue weighted by Gasteiger charge is -2.33. The molecule has 1 aromatic heterocycles. The van der Waals surface area contributed by atoms with Crippen molar-refractivity contribution in [2.45, 2.75) is 11.4 Å². The Labute approximate surface area is 188 Å². The van der Waals surface area contributed by atoms with Crippen LogP contribution in [0.2, 0.25) is 0 Å². The Morgan fingerprint density at radius 3 is 2.48 bits per heavy atom. The first-order valence-electron chi connectivity index (χ1n) is 9.94. The molecular weight excluding hydrogens is 458 g/mol. The minimum Gasteiger partial charge on any atom is -0.465 e. The third-order valence-electron chi connectivity index (χ3n) is 5.29. The lowest BCUT2D eigenvalue weighted by molar-refractivity contribution is 0.0596. The van der Waals surface area contributed by atoms with E-state index in [0.717, 1.165) is 12.1 Å². The molecule has 33 heavy (non-hydrogen) atoms. The number of rotatable bonds is 6. The van der Waals surface area contributed by atoms with Gasteiger partial charge in [-0.25, -0.2) is 22.0 Å². The van der Waals surface area contributed by atoms with Crippen molar-refractivity contribution in [3.05, 3.63) is 65.5 Å². The fourth-order valence-corrected chi connectivity index (χ4v) is 5.16. The molecule has 0 radical (unpaired) electrons. The molecule has 174 valence electrons. The maximum Gasteiger partial charge on any atom is 0.339 e. The van der Waals surface area contributed by atoms with Gasteiger partial charge in [-0.2, -0.15) is 8.99 Å². The van der Waals surface area contributed by atoms with Crippen LogP contribution in [0.1, 0.15) is 16.2 Å². The van der Waals surface area contributed by atoms with Crippen LogP contribution in [0, 0.1) is 11.6 Å². The van der Waals surface area contributed by atoms with Crippen molar-refractivity contribution in [1.82, 2.24) is 29.4 Å². The van der Waals surface area contributed by atoms with Gasteiger partial charge >= 0.3 is 5.97 Å². The van der Waals surface area contributed by atoms with E-state index in [4.69, 9.17) is 4.74 Å². The number of ether oxygens (including phenoxy) is 1. The summed E-state index contributed by atoms with van der Waals surface area (Å²) in [7, 11) is -2.72. The minimum absolute atomic E-state index is 0.0202. The van der Waals surface area contributed by atoms with Crippen molar-refractivity contribution < 1.29 is 26.7 Å². The fourth-order valence-electron chi connectivity index (χ4n) is 3.56. The summed E-state index contributed by atoms with van der Waals surface area (Å²) in [6, 6.07) is 9.26. The van der Waals surface area contributed by atoms with Crippen LogP contribution in [0.25, 0.3) is 5.69 Å². The van der Waals surface area contributed by atoms with Crippen LogP contribution >= 0.6 is 0 Å². The Morgan fingerprint density at radius 1 is 1.06 bits per heavy atom. The zero-order valence-corrected chi connectivity index (χ0v) is 18.4. The molecule has 0 N–H and O–H groups in total. The van der Waals surface area contributed by atoms with Gasteiger partial charge in [0.15, 0.2) is 17.5 Å². The third-order valence-corrected chi connectivity index (χ3v) is 7.25. The topological polar surface area (TPSA) is 111 Å². The molecule has 0 bridgehead atoms. The summed E-state index contributed by atoms with van der Waals surface area (Å²) in [5.41, 5.74) is 0.252. The highest BCUT2D eigenvalue weighted by Crippen LogP contribution is 2.23. The summed E-state index contributed by atoms with van der Waals surface area (Å²) in [6.45, 7) is 1.41. The van der Waals surface area contributed by atoms with Gasteiger partial charge in [-0.05, 0) is 34.7 Å². The highest BCUT2D eigenvalue weighted by molar-refractivity contribution is 7.89. The molecule has 1 aliphatic rings. The number of esters is 1. The number of hydrogen-bond donors (Lipinski definition) is 0. The van der Waals surface area contributed by atoms with E-state index in [-0.39, 0.29) is 35.8 Å². The van der Waals surface area contributed by atoms with Gasteiger partial charge < -0.3 is 4.74 Å². The highest BCUT2D eigenvalue weighted by Gasteiger charge is 2.32. The van der Waals surface area contributed by atoms with E-state index in [9.17, 15) is 22.0 Å². The van der Waals surface area contributed by atoms with Gasteiger partial charge in [0.1, 0.15) is 0 Å². The predicted molar refractivity (Wildman–Crippen MR) is 111 cm³/mol. The van der Waals surface area contributed by atoms with Crippen LogP contribution in [0.3, 0.4) is 0 Å². The molecule has 0 amide bonds. The maximum atomic E-state index is 13.6. The SMILES string of the molecule is COC(=O)c1ccccc1S(=O)(=O)N1CCN(Cc2nnnn2-c2ccc(F)c(F)c2)CC1. The number of benzene rings is 2. The average Bonchev–Trinajstić information content (AvgIpc) is 3.28. The molecule has 1 saturated heterocycles. The van der Waals surface area contributed by atoms with Crippen molar-refractivity contribution >= 4 is 16.0 Å². The van der Waals surface area contributed by atoms with Crippen molar-refractivity contribution in [3.8, 4) is 5.69 Å². The Morgan fingerprint density at radius 2 is 1.79 bits per heavy atom. The largest absolute Gasteiger partial charge is 0.465 e. The molecule has 0 atom stereocenters. The first kappa shape index (κ1) is 22.9. The van der Waals surface area contributed by atoms with Gasteiger partial charge in [0.05, 0.1) is 29.8 Å². The molecule has 0 unspecified atom stereocenters. The number of nitrogens with zero attached hydrogens (tertiary/aromatic N) is 6. The van der Waals surface area contributed by atoms with Gasteiger partial charge in [-0.3, -0.25) is 4.90 Å². The quantitative estimate of drug-likeness (QED) is 0.487. The summed E-state index contributed by atoms with van der Waals surface area (Å²) in [4.78, 5) is 13.8. The van der Waals surface area contributed by atoms with E-state index in [1.807, 2.05) is 4.90 Å². The molecule has 4 rings (SSSR count). The van der Waals surface area contributed by atoms with Crippen LogP contribution in [0.15, 0.2) is 47.4 Å². The summed E-state index contributed by atoms with van der Waals surface area (Å²) in [5.74, 6) is -2.32. The van der Waals surface area contributed by atoms with Crippen LogP contribution in [-0.4, -0.2) is 77.1 Å². The maximum absolute atomic E-state index is 13.6. The van der Waals surface area contributed by atoms with E-state index in [0.29, 0.717) is 18.9 Å². The van der Waals surface area contributed by atoms with Gasteiger partial charge in [-0.15, -0.1) is 5.10 Å². The zero-order valence-electron chi connectivity index (χ0n) is 17.6. The minimum atomic E-state index is -3.91. The molecule has 10 nitrogen and oxygen atoms in total. The first-order chi connectivity index (χ1) is 15.8. The smallest absolute Gasteiger partial charge is 0.339 e. The lowest BCUT2D eigenvalue weighted by Crippen LogP contribution is -2.48. The summed E-state index contributed by atoms with van der Waals surface area (Å²) >= 11 is 0. The molecule has 3 aromatic rings. The molecule has 2 aromatic carbocycles. The van der Waals surface area contributed by atoms with Crippen molar-refractivity contribution in [2.24, 2.45) is 0 Å². The lowest BCUT2D eigenvalue weighted by atomic mass is 10.2. The zero-order chi connectivity index (χ0) is 23.6. The van der Waals surface area contributed by atoms with Crippen LogP contribution in [0.5, 0.6) is 0 Å². The van der Waals surface area contributed by atoms with Crippen molar-refractivity contribution in [2.75, 3.05) is 33.3 Å². The van der Waals surface area contributed by atoms with E-state index in [1.54, 1.807) is 12.1 Å². The van der Waals surface area contributed by atoms with Gasteiger partial charge in [0.25, 0.3) is 0 Å². The summed E-state index contributed by atoms with van der Waals surface area (Å²) in [6.07, 6.45) is 0. The molecular formula is C20H20F2N6O4S. The number of carbonyl (C=O) groups excluding carboxylic acids is 1. The van der Waals surface area contributed by atoms with Crippen LogP contribution in [-0.2, 0) is 21.3 Å². The third kappa shape index (κ3) is 4.60. The number of hydrogen-bond acceptors (Lipinski definition) is 8. The number of sulfonamides is 1. The summed E-state index contributed by atoms with van der Waals surface area (Å²) < 4.78 is 60.4. The first-order valence-corrected chi connectivity index (χ1v) is 11.4. The van der Waals surface area contributed by atoms with E-state index in [1.165, 1.54) is 34.3 Å². The van der Waals surface area contributed by atoms with Gasteiger partial charge in [0.2, 0.25) is 10.0 Å². The molecule has 1 fully saturated rings. The molecule has 0 spiro atoms. The number of piperazine rings is 1. The normalized spacial score (nSPS) is 15.5. The Balaban J connectivity index is 1.46. The molecule has 0 saturated carbocycles. The van der Waals surface area contributed by atoms with Crippen LogP contribution in [0.4, 0.5) is 8.78 Å². The predicted octanol–water partition coefficient (Wildman–Crippen LogP) is 1.23. The summed E-state index contributed by atoms with van der Waals surface area (Å²) in [5, 5.41) is 11.4. The standard InChI is InChI=1S/C20H20F2N6O4S/c1-32-20(29)15-4-2-3-5-18(15)33(30,31)27-10-8-26(9-11-27)13-19-23-24-25-28(19)14-6-7-16(21)17(22)12-14/h2-7,12H,8-11,13H2,1H3. The fraction of sp³-hybridized carbons (Fsp3) is 0.300. The van der Waals surface area contributed by atoms with Gasteiger partial charge in [0, 0.05) is 32.2 Å². The average molecular weight is 478 g/mol. The van der Waals surface area contributed by atoms with Crippen LogP contribution < -0.4 is 0 Å². The van der Waals surface area contributed by atoms with Gasteiger partial charge in [-0.1, -0.05) is 12.1 Å². The Bertz CT molecular complexity index is 1280. The second-order valence-corrected chi connectivity index (χ2v) is 9.18. The molecule has 0 aliphatic carbocycles. The molecule has 2 heterocycles.